The molecule has 7 heteroatoms. The molecule has 0 amide bonds. The minimum atomic E-state index is -1.55. The third-order valence-corrected chi connectivity index (χ3v) is 4.95. The molecule has 3 aromatic rings. The van der Waals surface area contributed by atoms with Crippen LogP contribution in [0.4, 0.5) is 11.4 Å². The molecule has 7 nitrogen and oxygen atoms in total. The SMILES string of the molecule is COc1cc(C(C)(Nc2ccc(C#N)cc2)C(=O)O)c(N)cc1OCc1ccccc1. The molecule has 0 aliphatic carbocycles. The number of hydrogen-bond acceptors (Lipinski definition) is 6. The van der Waals surface area contributed by atoms with E-state index in [9.17, 15) is 9.90 Å². The maximum atomic E-state index is 12.3. The summed E-state index contributed by atoms with van der Waals surface area (Å²) in [4.78, 5) is 12.3. The average molecular weight is 417 g/mol. The monoisotopic (exact) mass is 417 g/mol. The highest BCUT2D eigenvalue weighted by atomic mass is 16.5. The predicted molar refractivity (Wildman–Crippen MR) is 118 cm³/mol. The van der Waals surface area contributed by atoms with E-state index in [0.29, 0.717) is 34.9 Å². The van der Waals surface area contributed by atoms with Crippen molar-refractivity contribution in [2.24, 2.45) is 0 Å². The topological polar surface area (TPSA) is 118 Å². The average Bonchev–Trinajstić information content (AvgIpc) is 2.78. The third kappa shape index (κ3) is 4.70. The molecule has 158 valence electrons. The second-order valence-electron chi connectivity index (χ2n) is 7.11. The van der Waals surface area contributed by atoms with Gasteiger partial charge in [-0.05, 0) is 42.8 Å². The molecule has 0 aliphatic rings. The maximum absolute atomic E-state index is 12.3. The van der Waals surface area contributed by atoms with Gasteiger partial charge in [-0.2, -0.15) is 5.26 Å². The van der Waals surface area contributed by atoms with Gasteiger partial charge in [-0.15, -0.1) is 0 Å². The number of ether oxygens (including phenoxy) is 2. The number of nitrogen functional groups attached to an aromatic ring is 1. The number of nitriles is 1. The highest BCUT2D eigenvalue weighted by Crippen LogP contribution is 2.39. The number of aliphatic carboxylic acids is 1. The van der Waals surface area contributed by atoms with Crippen LogP contribution >= 0.6 is 0 Å². The number of nitrogens with two attached hydrogens (primary N) is 1. The number of rotatable bonds is 8. The van der Waals surface area contributed by atoms with Gasteiger partial charge in [0.25, 0.3) is 0 Å². The Bertz CT molecular complexity index is 1110. The summed E-state index contributed by atoms with van der Waals surface area (Å²) in [6.45, 7) is 1.83. The first-order chi connectivity index (χ1) is 14.9. The van der Waals surface area contributed by atoms with E-state index in [1.165, 1.54) is 14.0 Å². The number of anilines is 2. The first-order valence-corrected chi connectivity index (χ1v) is 9.54. The zero-order chi connectivity index (χ0) is 22.4. The summed E-state index contributed by atoms with van der Waals surface area (Å²) < 4.78 is 11.3. The van der Waals surface area contributed by atoms with E-state index >= 15 is 0 Å². The summed E-state index contributed by atoms with van der Waals surface area (Å²) in [6.07, 6.45) is 0. The lowest BCUT2D eigenvalue weighted by Crippen LogP contribution is -2.41. The number of methoxy groups -OCH3 is 1. The Balaban J connectivity index is 1.94. The predicted octanol–water partition coefficient (Wildman–Crippen LogP) is 4.14. The number of carboxylic acids is 1. The molecule has 31 heavy (non-hydrogen) atoms. The van der Waals surface area contributed by atoms with Gasteiger partial charge in [-0.3, -0.25) is 0 Å². The Morgan fingerprint density at radius 1 is 1.13 bits per heavy atom. The van der Waals surface area contributed by atoms with Crippen molar-refractivity contribution < 1.29 is 19.4 Å². The van der Waals surface area contributed by atoms with Crippen LogP contribution in [0.15, 0.2) is 66.7 Å². The first kappa shape index (κ1) is 21.5. The van der Waals surface area contributed by atoms with E-state index in [1.807, 2.05) is 36.4 Å². The molecule has 0 fully saturated rings. The number of carbonyl (C=O) groups is 1. The summed E-state index contributed by atoms with van der Waals surface area (Å²) >= 11 is 0. The number of carboxylic acid groups (broad SMARTS) is 1. The van der Waals surface area contributed by atoms with E-state index in [-0.39, 0.29) is 5.69 Å². The minimum absolute atomic E-state index is 0.245. The molecular formula is C24H23N3O4. The molecule has 0 aromatic heterocycles. The van der Waals surface area contributed by atoms with Gasteiger partial charge < -0.3 is 25.6 Å². The highest BCUT2D eigenvalue weighted by Gasteiger charge is 2.38. The van der Waals surface area contributed by atoms with Crippen LogP contribution in [0.25, 0.3) is 0 Å². The molecule has 0 saturated heterocycles. The zero-order valence-electron chi connectivity index (χ0n) is 17.3. The Labute approximate surface area is 180 Å². The molecule has 0 radical (unpaired) electrons. The Morgan fingerprint density at radius 3 is 2.39 bits per heavy atom. The van der Waals surface area contributed by atoms with E-state index < -0.39 is 11.5 Å². The van der Waals surface area contributed by atoms with Crippen LogP contribution in [0.3, 0.4) is 0 Å². The van der Waals surface area contributed by atoms with E-state index in [0.717, 1.165) is 5.56 Å². The molecule has 0 spiro atoms. The smallest absolute Gasteiger partial charge is 0.333 e. The van der Waals surface area contributed by atoms with Crippen molar-refractivity contribution in [1.29, 1.82) is 5.26 Å². The van der Waals surface area contributed by atoms with Crippen molar-refractivity contribution in [3.05, 3.63) is 83.4 Å². The van der Waals surface area contributed by atoms with Gasteiger partial charge in [0, 0.05) is 23.0 Å². The van der Waals surface area contributed by atoms with Crippen LogP contribution in [-0.2, 0) is 16.9 Å². The lowest BCUT2D eigenvalue weighted by atomic mass is 9.89. The normalized spacial score (nSPS) is 12.3. The van der Waals surface area contributed by atoms with Crippen molar-refractivity contribution in [3.63, 3.8) is 0 Å². The van der Waals surface area contributed by atoms with Crippen molar-refractivity contribution >= 4 is 17.3 Å². The highest BCUT2D eigenvalue weighted by molar-refractivity contribution is 5.87. The minimum Gasteiger partial charge on any atom is -0.493 e. The molecule has 0 aliphatic heterocycles. The molecule has 4 N–H and O–H groups in total. The molecule has 3 rings (SSSR count). The summed E-state index contributed by atoms with van der Waals surface area (Å²) in [7, 11) is 1.48. The standard InChI is InChI=1S/C24H23N3O4/c1-24(23(28)29,27-18-10-8-16(14-25)9-11-18)19-12-21(30-2)22(13-20(19)26)31-15-17-6-4-3-5-7-17/h3-13,27H,15,26H2,1-2H3,(H,28,29). The van der Waals surface area contributed by atoms with E-state index in [1.54, 1.807) is 36.4 Å². The van der Waals surface area contributed by atoms with Crippen LogP contribution in [-0.4, -0.2) is 18.2 Å². The van der Waals surface area contributed by atoms with Crippen LogP contribution in [0.1, 0.15) is 23.6 Å². The summed E-state index contributed by atoms with van der Waals surface area (Å²) in [5.41, 5.74) is 7.26. The van der Waals surface area contributed by atoms with Crippen molar-refractivity contribution in [2.75, 3.05) is 18.2 Å². The summed E-state index contributed by atoms with van der Waals surface area (Å²) in [5.74, 6) is -0.337. The van der Waals surface area contributed by atoms with E-state index in [4.69, 9.17) is 20.5 Å². The second-order valence-corrected chi connectivity index (χ2v) is 7.11. The first-order valence-electron chi connectivity index (χ1n) is 9.54. The number of hydrogen-bond donors (Lipinski definition) is 3. The Morgan fingerprint density at radius 2 is 1.81 bits per heavy atom. The fourth-order valence-corrected chi connectivity index (χ4v) is 3.17. The van der Waals surface area contributed by atoms with Gasteiger partial charge in [0.2, 0.25) is 0 Å². The maximum Gasteiger partial charge on any atom is 0.333 e. The van der Waals surface area contributed by atoms with Crippen LogP contribution in [0.2, 0.25) is 0 Å². The van der Waals surface area contributed by atoms with Gasteiger partial charge in [0.15, 0.2) is 17.0 Å². The summed E-state index contributed by atoms with van der Waals surface area (Å²) in [5, 5.41) is 22.0. The second kappa shape index (κ2) is 9.09. The Hall–Kier alpha value is -4.18. The number of nitrogens with one attached hydrogen (secondary N) is 1. The number of benzene rings is 3. The lowest BCUT2D eigenvalue weighted by molar-refractivity contribution is -0.142. The Kier molecular flexibility index (Phi) is 6.32. The lowest BCUT2D eigenvalue weighted by Gasteiger charge is -2.30. The molecule has 1 atom stereocenters. The molecule has 1 unspecified atom stereocenters. The van der Waals surface area contributed by atoms with Crippen LogP contribution in [0, 0.1) is 11.3 Å². The molecule has 0 heterocycles. The van der Waals surface area contributed by atoms with Gasteiger partial charge in [0.1, 0.15) is 6.61 Å². The van der Waals surface area contributed by atoms with Gasteiger partial charge in [-0.25, -0.2) is 4.79 Å². The number of nitrogens with zero attached hydrogens (tertiary/aromatic N) is 1. The molecular weight excluding hydrogens is 394 g/mol. The fraction of sp³-hybridized carbons (Fsp3) is 0.167. The molecule has 0 saturated carbocycles. The van der Waals surface area contributed by atoms with Gasteiger partial charge in [-0.1, -0.05) is 30.3 Å². The fourth-order valence-electron chi connectivity index (χ4n) is 3.17. The van der Waals surface area contributed by atoms with Crippen molar-refractivity contribution in [3.8, 4) is 17.6 Å². The molecule has 3 aromatic carbocycles. The van der Waals surface area contributed by atoms with Gasteiger partial charge in [0.05, 0.1) is 18.7 Å². The third-order valence-electron chi connectivity index (χ3n) is 4.95. The van der Waals surface area contributed by atoms with Crippen molar-refractivity contribution in [2.45, 2.75) is 19.1 Å². The van der Waals surface area contributed by atoms with Crippen LogP contribution in [0.5, 0.6) is 11.5 Å². The zero-order valence-corrected chi connectivity index (χ0v) is 17.3. The summed E-state index contributed by atoms with van der Waals surface area (Å²) in [6, 6.07) is 21.3. The van der Waals surface area contributed by atoms with Gasteiger partial charge >= 0.3 is 5.97 Å². The molecule has 0 bridgehead atoms. The van der Waals surface area contributed by atoms with Crippen LogP contribution < -0.4 is 20.5 Å². The van der Waals surface area contributed by atoms with Crippen molar-refractivity contribution in [1.82, 2.24) is 0 Å². The quantitative estimate of drug-likeness (QED) is 0.472. The van der Waals surface area contributed by atoms with E-state index in [2.05, 4.69) is 5.32 Å². The largest absolute Gasteiger partial charge is 0.493 e.